The van der Waals surface area contributed by atoms with Crippen LogP contribution in [0.5, 0.6) is 5.75 Å². The first kappa shape index (κ1) is 15.6. The van der Waals surface area contributed by atoms with Gasteiger partial charge in [-0.2, -0.15) is 5.10 Å². The fourth-order valence-corrected chi connectivity index (χ4v) is 2.35. The molecule has 5 nitrogen and oxygen atoms in total. The Bertz CT molecular complexity index is 526. The maximum atomic E-state index is 11.0. The van der Waals surface area contributed by atoms with Crippen LogP contribution in [0.15, 0.2) is 34.5 Å². The van der Waals surface area contributed by atoms with Crippen LogP contribution in [0.2, 0.25) is 0 Å². The summed E-state index contributed by atoms with van der Waals surface area (Å²) in [5.41, 5.74) is 0.939. The third kappa shape index (κ3) is 5.59. The summed E-state index contributed by atoms with van der Waals surface area (Å²) in [6, 6.07) is 7.71. The first-order valence-corrected chi connectivity index (χ1v) is 8.03. The highest BCUT2D eigenvalue weighted by Crippen LogP contribution is 2.12. The van der Waals surface area contributed by atoms with Crippen molar-refractivity contribution in [3.05, 3.63) is 29.8 Å². The van der Waals surface area contributed by atoms with Crippen molar-refractivity contribution in [2.75, 3.05) is 12.4 Å². The summed E-state index contributed by atoms with van der Waals surface area (Å²) in [5.74, 6) is 1.25. The van der Waals surface area contributed by atoms with Gasteiger partial charge < -0.3 is 10.1 Å². The van der Waals surface area contributed by atoms with Crippen LogP contribution in [0.25, 0.3) is 0 Å². The predicted molar refractivity (Wildman–Crippen MR) is 87.1 cm³/mol. The van der Waals surface area contributed by atoms with Crippen molar-refractivity contribution in [3.63, 3.8) is 0 Å². The largest absolute Gasteiger partial charge is 0.494 e. The summed E-state index contributed by atoms with van der Waals surface area (Å²) in [6.45, 7) is 2.93. The van der Waals surface area contributed by atoms with Crippen molar-refractivity contribution in [1.82, 2.24) is 5.32 Å². The van der Waals surface area contributed by atoms with Crippen molar-refractivity contribution >= 4 is 29.1 Å². The Morgan fingerprint density at radius 3 is 2.81 bits per heavy atom. The van der Waals surface area contributed by atoms with Gasteiger partial charge in [0.05, 0.1) is 18.6 Å². The van der Waals surface area contributed by atoms with E-state index in [2.05, 4.69) is 22.4 Å². The van der Waals surface area contributed by atoms with Gasteiger partial charge in [-0.15, -0.1) is 5.10 Å². The molecule has 112 valence electrons. The summed E-state index contributed by atoms with van der Waals surface area (Å²) < 4.78 is 5.64. The topological polar surface area (TPSA) is 63.1 Å². The highest BCUT2D eigenvalue weighted by Gasteiger charge is 2.15. The zero-order valence-electron chi connectivity index (χ0n) is 12.0. The zero-order chi connectivity index (χ0) is 14.9. The molecule has 21 heavy (non-hydrogen) atoms. The maximum absolute atomic E-state index is 11.0. The van der Waals surface area contributed by atoms with E-state index in [1.54, 1.807) is 6.21 Å². The van der Waals surface area contributed by atoms with Gasteiger partial charge in [0.25, 0.3) is 0 Å². The van der Waals surface area contributed by atoms with Gasteiger partial charge in [0.15, 0.2) is 5.17 Å². The Morgan fingerprint density at radius 2 is 2.14 bits per heavy atom. The summed E-state index contributed by atoms with van der Waals surface area (Å²) >= 11 is 1.36. The molecule has 6 heteroatoms. The lowest BCUT2D eigenvalue weighted by Crippen LogP contribution is -2.19. The Balaban J connectivity index is 1.80. The van der Waals surface area contributed by atoms with E-state index in [9.17, 15) is 4.79 Å². The quantitative estimate of drug-likeness (QED) is 0.478. The number of hydrogen-bond acceptors (Lipinski definition) is 5. The molecule has 1 aromatic carbocycles. The lowest BCUT2D eigenvalue weighted by Gasteiger charge is -2.05. The average Bonchev–Trinajstić information content (AvgIpc) is 2.91. The minimum absolute atomic E-state index is 0.0291. The molecule has 0 aliphatic carbocycles. The van der Waals surface area contributed by atoms with Crippen LogP contribution in [0.3, 0.4) is 0 Å². The Hall–Kier alpha value is -1.82. The standard InChI is InChI=1S/C15H19N3O2S/c1-2-3-4-9-20-13-7-5-12(6-8-13)10-16-18-15-17-14(19)11-21-15/h5-8,10H,2-4,9,11H2,1H3,(H,17,18,19). The molecule has 1 aromatic rings. The van der Waals surface area contributed by atoms with Gasteiger partial charge in [-0.1, -0.05) is 31.5 Å². The number of carbonyl (C=O) groups excluding carboxylic acids is 1. The summed E-state index contributed by atoms with van der Waals surface area (Å²) in [6.07, 6.45) is 5.12. The summed E-state index contributed by atoms with van der Waals surface area (Å²) in [4.78, 5) is 11.0. The van der Waals surface area contributed by atoms with Crippen LogP contribution in [0.1, 0.15) is 31.7 Å². The molecule has 0 bridgehead atoms. The number of amides is 1. The van der Waals surface area contributed by atoms with Gasteiger partial charge >= 0.3 is 0 Å². The minimum Gasteiger partial charge on any atom is -0.494 e. The summed E-state index contributed by atoms with van der Waals surface area (Å²) in [7, 11) is 0. The van der Waals surface area contributed by atoms with Crippen molar-refractivity contribution in [3.8, 4) is 5.75 Å². The van der Waals surface area contributed by atoms with Crippen LogP contribution in [0, 0.1) is 0 Å². The Labute approximate surface area is 128 Å². The molecule has 1 saturated heterocycles. The molecule has 0 spiro atoms. The van der Waals surface area contributed by atoms with E-state index in [1.165, 1.54) is 24.6 Å². The van der Waals surface area contributed by atoms with E-state index >= 15 is 0 Å². The molecule has 0 unspecified atom stereocenters. The lowest BCUT2D eigenvalue weighted by molar-refractivity contribution is -0.116. The van der Waals surface area contributed by atoms with Crippen molar-refractivity contribution in [2.24, 2.45) is 10.2 Å². The van der Waals surface area contributed by atoms with Crippen LogP contribution in [-0.2, 0) is 4.79 Å². The van der Waals surface area contributed by atoms with Gasteiger partial charge in [-0.3, -0.25) is 4.79 Å². The lowest BCUT2D eigenvalue weighted by atomic mass is 10.2. The second kappa shape index (κ2) is 8.46. The van der Waals surface area contributed by atoms with Crippen LogP contribution < -0.4 is 10.1 Å². The first-order chi connectivity index (χ1) is 10.3. The second-order valence-corrected chi connectivity index (χ2v) is 5.58. The Morgan fingerprint density at radius 1 is 1.33 bits per heavy atom. The number of nitrogens with one attached hydrogen (secondary N) is 1. The van der Waals surface area contributed by atoms with Crippen LogP contribution in [0.4, 0.5) is 0 Å². The summed E-state index contributed by atoms with van der Waals surface area (Å²) in [5, 5.41) is 11.1. The highest BCUT2D eigenvalue weighted by molar-refractivity contribution is 8.15. The van der Waals surface area contributed by atoms with Gasteiger partial charge in [-0.25, -0.2) is 0 Å². The molecule has 1 aliphatic rings. The Kier molecular flexibility index (Phi) is 6.27. The molecule has 0 saturated carbocycles. The average molecular weight is 305 g/mol. The number of unbranched alkanes of at least 4 members (excludes halogenated alkanes) is 2. The molecule has 0 radical (unpaired) electrons. The number of nitrogens with zero attached hydrogens (tertiary/aromatic N) is 2. The fraction of sp³-hybridized carbons (Fsp3) is 0.400. The first-order valence-electron chi connectivity index (χ1n) is 7.04. The van der Waals surface area contributed by atoms with Crippen molar-refractivity contribution in [2.45, 2.75) is 26.2 Å². The number of rotatable bonds is 7. The number of carbonyl (C=O) groups is 1. The molecule has 2 rings (SSSR count). The van der Waals surface area contributed by atoms with E-state index in [4.69, 9.17) is 4.74 Å². The monoisotopic (exact) mass is 305 g/mol. The van der Waals surface area contributed by atoms with Gasteiger partial charge in [0, 0.05) is 0 Å². The van der Waals surface area contributed by atoms with Gasteiger partial charge in [0.1, 0.15) is 5.75 Å². The molecule has 1 fully saturated rings. The molecule has 0 atom stereocenters. The molecule has 1 amide bonds. The van der Waals surface area contributed by atoms with Crippen LogP contribution >= 0.6 is 11.8 Å². The number of hydrogen-bond donors (Lipinski definition) is 1. The van der Waals surface area contributed by atoms with E-state index in [0.29, 0.717) is 10.9 Å². The molecular formula is C15H19N3O2S. The maximum Gasteiger partial charge on any atom is 0.236 e. The molecule has 1 aliphatic heterocycles. The third-order valence-corrected chi connectivity index (χ3v) is 3.70. The fourth-order valence-electron chi connectivity index (χ4n) is 1.72. The number of amidine groups is 1. The highest BCUT2D eigenvalue weighted by atomic mass is 32.2. The predicted octanol–water partition coefficient (Wildman–Crippen LogP) is 2.81. The molecule has 0 aromatic heterocycles. The van der Waals surface area contributed by atoms with Gasteiger partial charge in [-0.05, 0) is 36.2 Å². The van der Waals surface area contributed by atoms with E-state index < -0.39 is 0 Å². The van der Waals surface area contributed by atoms with E-state index in [0.717, 1.165) is 24.3 Å². The second-order valence-electron chi connectivity index (χ2n) is 4.61. The van der Waals surface area contributed by atoms with Gasteiger partial charge in [0.2, 0.25) is 5.91 Å². The van der Waals surface area contributed by atoms with Crippen LogP contribution in [-0.4, -0.2) is 29.6 Å². The molecule has 1 heterocycles. The van der Waals surface area contributed by atoms with E-state index in [-0.39, 0.29) is 5.91 Å². The van der Waals surface area contributed by atoms with E-state index in [1.807, 2.05) is 24.3 Å². The van der Waals surface area contributed by atoms with Crippen molar-refractivity contribution in [1.29, 1.82) is 0 Å². The minimum atomic E-state index is -0.0291. The number of thioether (sulfide) groups is 1. The third-order valence-electron chi connectivity index (χ3n) is 2.84. The smallest absolute Gasteiger partial charge is 0.236 e. The number of benzene rings is 1. The number of ether oxygens (including phenoxy) is 1. The normalized spacial score (nSPS) is 16.6. The zero-order valence-corrected chi connectivity index (χ0v) is 12.9. The molecule has 1 N–H and O–H groups in total. The SMILES string of the molecule is CCCCCOc1ccc(C=N/N=C2\NC(=O)CS2)cc1. The van der Waals surface area contributed by atoms with Crippen molar-refractivity contribution < 1.29 is 9.53 Å². The molecular weight excluding hydrogens is 286 g/mol.